The number of hydrogen-bond donors (Lipinski definition) is 1. The summed E-state index contributed by atoms with van der Waals surface area (Å²) in [4.78, 5) is 16.5. The summed E-state index contributed by atoms with van der Waals surface area (Å²) in [6.45, 7) is 4.68. The van der Waals surface area contributed by atoms with Gasteiger partial charge in [-0.25, -0.2) is 4.39 Å². The van der Waals surface area contributed by atoms with Crippen LogP contribution >= 0.6 is 24.6 Å². The van der Waals surface area contributed by atoms with Crippen LogP contribution < -0.4 is 5.32 Å². The van der Waals surface area contributed by atoms with Gasteiger partial charge in [0.1, 0.15) is 5.82 Å². The summed E-state index contributed by atoms with van der Waals surface area (Å²) in [5.74, 6) is -0.232. The van der Waals surface area contributed by atoms with E-state index in [0.29, 0.717) is 12.0 Å². The highest BCUT2D eigenvalue weighted by Gasteiger charge is 2.18. The maximum atomic E-state index is 12.8. The Morgan fingerprint density at radius 3 is 2.39 bits per heavy atom. The summed E-state index contributed by atoms with van der Waals surface area (Å²) in [5.41, 5.74) is 0.589. The first-order valence-electron chi connectivity index (χ1n) is 7.58. The van der Waals surface area contributed by atoms with E-state index in [1.165, 1.54) is 12.1 Å². The molecule has 23 heavy (non-hydrogen) atoms. The third-order valence-electron chi connectivity index (χ3n) is 3.92. The van der Waals surface area contributed by atoms with Gasteiger partial charge < -0.3 is 10.2 Å². The monoisotopic (exact) mass is 359 g/mol. The van der Waals surface area contributed by atoms with Crippen molar-refractivity contribution < 1.29 is 9.18 Å². The first-order chi connectivity index (χ1) is 10.6. The van der Waals surface area contributed by atoms with E-state index in [0.717, 1.165) is 44.3 Å². The van der Waals surface area contributed by atoms with Crippen molar-refractivity contribution >= 4 is 35.5 Å². The second-order valence-electron chi connectivity index (χ2n) is 5.42. The van der Waals surface area contributed by atoms with Crippen LogP contribution in [0.3, 0.4) is 0 Å². The van der Waals surface area contributed by atoms with E-state index >= 15 is 0 Å². The maximum Gasteiger partial charge on any atom is 0.168 e. The minimum atomic E-state index is -0.311. The zero-order chi connectivity index (χ0) is 15.9. The van der Waals surface area contributed by atoms with E-state index in [2.05, 4.69) is 15.1 Å². The van der Waals surface area contributed by atoms with Gasteiger partial charge in [0.25, 0.3) is 0 Å². The molecule has 1 fully saturated rings. The first kappa shape index (κ1) is 19.8. The van der Waals surface area contributed by atoms with Crippen molar-refractivity contribution in [1.82, 2.24) is 15.1 Å². The molecule has 0 aromatic heterocycles. The van der Waals surface area contributed by atoms with Gasteiger partial charge in [-0.05, 0) is 49.4 Å². The Balaban J connectivity index is 0.00000264. The largest absolute Gasteiger partial charge is 0.366 e. The molecule has 1 aromatic carbocycles. The lowest BCUT2D eigenvalue weighted by Crippen LogP contribution is -2.51. The molecule has 1 aromatic rings. The molecule has 7 heteroatoms. The van der Waals surface area contributed by atoms with E-state index in [1.807, 2.05) is 7.05 Å². The summed E-state index contributed by atoms with van der Waals surface area (Å²) >= 11 is 5.22. The minimum Gasteiger partial charge on any atom is -0.366 e. The Kier molecular flexibility index (Phi) is 8.44. The molecular weight excluding hydrogens is 337 g/mol. The van der Waals surface area contributed by atoms with Crippen LogP contribution in [0.5, 0.6) is 0 Å². The molecule has 0 radical (unpaired) electrons. The number of Topliss-reactive ketones (excluding diaryl/α,β-unsaturated/α-hetero) is 1. The summed E-state index contributed by atoms with van der Waals surface area (Å²) in [7, 11) is 1.84. The second kappa shape index (κ2) is 9.80. The molecule has 0 saturated carbocycles. The number of nitrogens with one attached hydrogen (secondary N) is 1. The predicted octanol–water partition coefficient (Wildman–Crippen LogP) is 2.33. The van der Waals surface area contributed by atoms with Crippen molar-refractivity contribution in [2.24, 2.45) is 0 Å². The standard InChI is InChI=1S/C16H22FN3OS.ClH/c1-18-16(22)20-11-9-19(10-12-20)8-2-3-15(21)13-4-6-14(17)7-5-13;/h4-7H,2-3,8-12H2,1H3,(H,18,22);1H. The van der Waals surface area contributed by atoms with Crippen LogP contribution in [-0.2, 0) is 0 Å². The number of carbonyl (C=O) groups is 1. The van der Waals surface area contributed by atoms with Crippen LogP contribution in [0.2, 0.25) is 0 Å². The van der Waals surface area contributed by atoms with Gasteiger partial charge in [-0.3, -0.25) is 9.69 Å². The normalized spacial score (nSPS) is 15.0. The lowest BCUT2D eigenvalue weighted by molar-refractivity contribution is 0.0970. The molecule has 0 bridgehead atoms. The number of benzene rings is 1. The molecule has 0 amide bonds. The van der Waals surface area contributed by atoms with Gasteiger partial charge in [-0.15, -0.1) is 12.4 Å². The summed E-state index contributed by atoms with van der Waals surface area (Å²) in [5, 5.41) is 3.79. The molecule has 128 valence electrons. The number of rotatable bonds is 5. The van der Waals surface area contributed by atoms with E-state index < -0.39 is 0 Å². The van der Waals surface area contributed by atoms with Crippen LogP contribution in [0, 0.1) is 5.82 Å². The molecule has 1 aliphatic heterocycles. The lowest BCUT2D eigenvalue weighted by Gasteiger charge is -2.35. The molecule has 4 nitrogen and oxygen atoms in total. The quantitative estimate of drug-likeness (QED) is 0.645. The Morgan fingerprint density at radius 1 is 1.22 bits per heavy atom. The van der Waals surface area contributed by atoms with Gasteiger partial charge >= 0.3 is 0 Å². The van der Waals surface area contributed by atoms with Crippen LogP contribution in [0.25, 0.3) is 0 Å². The second-order valence-corrected chi connectivity index (χ2v) is 5.80. The van der Waals surface area contributed by atoms with E-state index in [4.69, 9.17) is 12.2 Å². The zero-order valence-corrected chi connectivity index (χ0v) is 14.9. The van der Waals surface area contributed by atoms with Crippen LogP contribution in [0.4, 0.5) is 4.39 Å². The van der Waals surface area contributed by atoms with Crippen molar-refractivity contribution in [3.63, 3.8) is 0 Å². The van der Waals surface area contributed by atoms with Crippen molar-refractivity contribution in [3.8, 4) is 0 Å². The van der Waals surface area contributed by atoms with Crippen molar-refractivity contribution in [2.45, 2.75) is 12.8 Å². The molecule has 1 aliphatic rings. The minimum absolute atomic E-state index is 0. The van der Waals surface area contributed by atoms with Gasteiger partial charge in [-0.1, -0.05) is 0 Å². The summed E-state index contributed by atoms with van der Waals surface area (Å²) in [6.07, 6.45) is 1.33. The van der Waals surface area contributed by atoms with Gasteiger partial charge in [-0.2, -0.15) is 0 Å². The lowest BCUT2D eigenvalue weighted by atomic mass is 10.1. The molecule has 1 N–H and O–H groups in total. The van der Waals surface area contributed by atoms with Crippen molar-refractivity contribution in [2.75, 3.05) is 39.8 Å². The van der Waals surface area contributed by atoms with Crippen molar-refractivity contribution in [1.29, 1.82) is 0 Å². The summed E-state index contributed by atoms with van der Waals surface area (Å²) < 4.78 is 12.8. The van der Waals surface area contributed by atoms with Crippen molar-refractivity contribution in [3.05, 3.63) is 35.6 Å². The number of thiocarbonyl (C=S) groups is 1. The molecular formula is C16H23ClFN3OS. The maximum absolute atomic E-state index is 12.8. The van der Waals surface area contributed by atoms with E-state index in [1.54, 1.807) is 12.1 Å². The van der Waals surface area contributed by atoms with E-state index in [9.17, 15) is 9.18 Å². The first-order valence-corrected chi connectivity index (χ1v) is 7.99. The van der Waals surface area contributed by atoms with Crippen LogP contribution in [-0.4, -0.2) is 60.5 Å². The Labute approximate surface area is 148 Å². The van der Waals surface area contributed by atoms with Crippen LogP contribution in [0.15, 0.2) is 24.3 Å². The number of ketones is 1. The third kappa shape index (κ3) is 6.05. The molecule has 0 aliphatic carbocycles. The fourth-order valence-electron chi connectivity index (χ4n) is 2.58. The molecule has 0 unspecified atom stereocenters. The highest BCUT2D eigenvalue weighted by atomic mass is 35.5. The number of piperazine rings is 1. The Hall–Kier alpha value is -1.24. The topological polar surface area (TPSA) is 35.6 Å². The van der Waals surface area contributed by atoms with Gasteiger partial charge in [0.05, 0.1) is 0 Å². The molecule has 1 saturated heterocycles. The number of nitrogens with zero attached hydrogens (tertiary/aromatic N) is 2. The number of halogens is 2. The van der Waals surface area contributed by atoms with Gasteiger partial charge in [0.2, 0.25) is 0 Å². The highest BCUT2D eigenvalue weighted by Crippen LogP contribution is 2.09. The fraction of sp³-hybridized carbons (Fsp3) is 0.500. The molecule has 0 spiro atoms. The summed E-state index contributed by atoms with van der Waals surface area (Å²) in [6, 6.07) is 5.76. The average Bonchev–Trinajstić information content (AvgIpc) is 2.55. The Bertz CT molecular complexity index is 519. The van der Waals surface area contributed by atoms with Crippen LogP contribution in [0.1, 0.15) is 23.2 Å². The number of hydrogen-bond acceptors (Lipinski definition) is 3. The Morgan fingerprint density at radius 2 is 1.83 bits per heavy atom. The smallest absolute Gasteiger partial charge is 0.168 e. The van der Waals surface area contributed by atoms with Gasteiger partial charge in [0.15, 0.2) is 10.9 Å². The predicted molar refractivity (Wildman–Crippen MR) is 96.9 cm³/mol. The fourth-order valence-corrected chi connectivity index (χ4v) is 2.76. The zero-order valence-electron chi connectivity index (χ0n) is 13.3. The molecule has 1 heterocycles. The third-order valence-corrected chi connectivity index (χ3v) is 4.38. The molecule has 2 rings (SSSR count). The number of carbonyl (C=O) groups excluding carboxylic acids is 1. The molecule has 0 atom stereocenters. The SMILES string of the molecule is CNC(=S)N1CCN(CCCC(=O)c2ccc(F)cc2)CC1.Cl. The average molecular weight is 360 g/mol. The highest BCUT2D eigenvalue weighted by molar-refractivity contribution is 7.80. The van der Waals surface area contributed by atoms with E-state index in [-0.39, 0.29) is 24.0 Å². The van der Waals surface area contributed by atoms with Gasteiger partial charge in [0, 0.05) is 45.2 Å².